The van der Waals surface area contributed by atoms with Crippen LogP contribution in [0.25, 0.3) is 28.6 Å². The first-order valence-electron chi connectivity index (χ1n) is 9.89. The summed E-state index contributed by atoms with van der Waals surface area (Å²) in [7, 11) is 0. The number of thiocarbonyl (C=S) groups is 1. The van der Waals surface area contributed by atoms with Crippen molar-refractivity contribution in [1.82, 2.24) is 10.3 Å². The molecule has 4 rings (SSSR count). The zero-order valence-electron chi connectivity index (χ0n) is 17.4. The van der Waals surface area contributed by atoms with Gasteiger partial charge in [0.1, 0.15) is 5.52 Å². The van der Waals surface area contributed by atoms with E-state index in [9.17, 15) is 14.9 Å². The van der Waals surface area contributed by atoms with E-state index < -0.39 is 10.8 Å². The first kappa shape index (κ1) is 21.8. The summed E-state index contributed by atoms with van der Waals surface area (Å²) in [6.07, 6.45) is 2.73. The van der Waals surface area contributed by atoms with Crippen LogP contribution in [0, 0.1) is 17.0 Å². The molecule has 1 aromatic heterocycles. The number of fused-ring (bicyclic) bond motifs is 1. The van der Waals surface area contributed by atoms with E-state index in [2.05, 4.69) is 15.6 Å². The van der Waals surface area contributed by atoms with Gasteiger partial charge in [0.2, 0.25) is 11.8 Å². The van der Waals surface area contributed by atoms with Gasteiger partial charge in [0, 0.05) is 29.5 Å². The van der Waals surface area contributed by atoms with Crippen molar-refractivity contribution in [2.75, 3.05) is 5.32 Å². The number of non-ortho nitro benzene ring substituents is 1. The molecule has 0 saturated carbocycles. The molecule has 0 saturated heterocycles. The first-order valence-corrected chi connectivity index (χ1v) is 10.3. The van der Waals surface area contributed by atoms with Crippen molar-refractivity contribution in [3.63, 3.8) is 0 Å². The molecule has 0 aliphatic rings. The van der Waals surface area contributed by atoms with Crippen molar-refractivity contribution in [2.45, 2.75) is 6.92 Å². The summed E-state index contributed by atoms with van der Waals surface area (Å²) in [4.78, 5) is 27.0. The van der Waals surface area contributed by atoms with Crippen molar-refractivity contribution < 1.29 is 14.1 Å². The zero-order chi connectivity index (χ0) is 23.4. The van der Waals surface area contributed by atoms with Gasteiger partial charge < -0.3 is 9.73 Å². The third-order valence-electron chi connectivity index (χ3n) is 4.68. The number of nitro benzene ring substituents is 1. The number of aryl methyl sites for hydroxylation is 1. The molecule has 1 heterocycles. The third-order valence-corrected chi connectivity index (χ3v) is 4.88. The molecule has 2 N–H and O–H groups in total. The fourth-order valence-corrected chi connectivity index (χ4v) is 3.31. The smallest absolute Gasteiger partial charge is 0.270 e. The minimum Gasteiger partial charge on any atom is -0.436 e. The van der Waals surface area contributed by atoms with Gasteiger partial charge in [-0.2, -0.15) is 0 Å². The molecule has 164 valence electrons. The summed E-state index contributed by atoms with van der Waals surface area (Å²) >= 11 is 5.18. The highest BCUT2D eigenvalue weighted by atomic mass is 32.1. The molecule has 0 aliphatic heterocycles. The minimum absolute atomic E-state index is 0.0499. The number of rotatable bonds is 5. The molecule has 0 spiro atoms. The predicted octanol–water partition coefficient (Wildman–Crippen LogP) is 5.24. The van der Waals surface area contributed by atoms with Crippen LogP contribution in [0.3, 0.4) is 0 Å². The lowest BCUT2D eigenvalue weighted by Gasteiger charge is -2.08. The maximum absolute atomic E-state index is 12.1. The van der Waals surface area contributed by atoms with Gasteiger partial charge in [-0.25, -0.2) is 4.98 Å². The van der Waals surface area contributed by atoms with Crippen LogP contribution in [0.5, 0.6) is 0 Å². The Morgan fingerprint density at radius 3 is 2.67 bits per heavy atom. The van der Waals surface area contributed by atoms with Crippen LogP contribution in [-0.4, -0.2) is 20.9 Å². The number of aromatic nitrogens is 1. The van der Waals surface area contributed by atoms with E-state index in [0.29, 0.717) is 17.1 Å². The van der Waals surface area contributed by atoms with Gasteiger partial charge >= 0.3 is 0 Å². The van der Waals surface area contributed by atoms with E-state index in [4.69, 9.17) is 16.6 Å². The number of hydrogen-bond donors (Lipinski definition) is 2. The zero-order valence-corrected chi connectivity index (χ0v) is 18.3. The van der Waals surface area contributed by atoms with E-state index in [1.165, 1.54) is 24.3 Å². The number of nitro groups is 1. The van der Waals surface area contributed by atoms with Crippen LogP contribution in [0.2, 0.25) is 0 Å². The summed E-state index contributed by atoms with van der Waals surface area (Å²) in [5.74, 6) is 0.0571. The summed E-state index contributed by atoms with van der Waals surface area (Å²) in [5, 5.41) is 16.4. The SMILES string of the molecule is Cc1ccc2oc(-c3ccc(NC(=S)NC(=O)/C=C/c4cccc([N+](=O)[O-])c4)cc3)nc2c1. The number of nitrogens with one attached hydrogen (secondary N) is 2. The fourth-order valence-electron chi connectivity index (χ4n) is 3.09. The van der Waals surface area contributed by atoms with Crippen molar-refractivity contribution in [1.29, 1.82) is 0 Å². The monoisotopic (exact) mass is 458 g/mol. The average Bonchev–Trinajstić information content (AvgIpc) is 3.21. The quantitative estimate of drug-likeness (QED) is 0.182. The molecule has 0 fully saturated rings. The van der Waals surface area contributed by atoms with Gasteiger partial charge in [-0.15, -0.1) is 0 Å². The highest BCUT2D eigenvalue weighted by molar-refractivity contribution is 7.80. The molecular weight excluding hydrogens is 440 g/mol. The number of carbonyl (C=O) groups is 1. The van der Waals surface area contributed by atoms with Crippen LogP contribution in [0.15, 0.2) is 77.2 Å². The Morgan fingerprint density at radius 1 is 1.12 bits per heavy atom. The summed E-state index contributed by atoms with van der Waals surface area (Å²) in [5.41, 5.74) is 4.60. The Morgan fingerprint density at radius 2 is 1.91 bits per heavy atom. The van der Waals surface area contributed by atoms with Crippen LogP contribution < -0.4 is 10.6 Å². The molecule has 8 nitrogen and oxygen atoms in total. The minimum atomic E-state index is -0.493. The number of benzene rings is 3. The maximum Gasteiger partial charge on any atom is 0.270 e. The second kappa shape index (κ2) is 9.41. The number of oxazole rings is 1. The predicted molar refractivity (Wildman–Crippen MR) is 131 cm³/mol. The second-order valence-electron chi connectivity index (χ2n) is 7.20. The van der Waals surface area contributed by atoms with Crippen LogP contribution >= 0.6 is 12.2 Å². The first-order chi connectivity index (χ1) is 15.9. The van der Waals surface area contributed by atoms with Crippen molar-refractivity contribution in [2.24, 2.45) is 0 Å². The Kier molecular flexibility index (Phi) is 6.23. The van der Waals surface area contributed by atoms with Gasteiger partial charge in [-0.3, -0.25) is 20.2 Å². The van der Waals surface area contributed by atoms with E-state index in [1.807, 2.05) is 37.3 Å². The van der Waals surface area contributed by atoms with Crippen LogP contribution in [-0.2, 0) is 4.79 Å². The summed E-state index contributed by atoms with van der Waals surface area (Å²) < 4.78 is 5.81. The molecule has 0 radical (unpaired) electrons. The number of anilines is 1. The van der Waals surface area contributed by atoms with Gasteiger partial charge in [0.25, 0.3) is 5.69 Å². The van der Waals surface area contributed by atoms with Crippen LogP contribution in [0.1, 0.15) is 11.1 Å². The summed E-state index contributed by atoms with van der Waals surface area (Å²) in [6.45, 7) is 2.00. The van der Waals surface area contributed by atoms with Crippen molar-refractivity contribution in [3.05, 3.63) is 94.0 Å². The molecule has 0 unspecified atom stereocenters. The molecule has 1 amide bonds. The standard InChI is InChI=1S/C24H18N4O4S/c1-15-5-11-21-20(13-15)26-23(32-21)17-7-9-18(10-8-17)25-24(33)27-22(29)12-6-16-3-2-4-19(14-16)28(30)31/h2-14H,1H3,(H2,25,27,29,33)/b12-6+. The van der Waals surface area contributed by atoms with Gasteiger partial charge in [-0.1, -0.05) is 18.2 Å². The highest BCUT2D eigenvalue weighted by Gasteiger charge is 2.09. The second-order valence-corrected chi connectivity index (χ2v) is 7.60. The van der Waals surface area contributed by atoms with E-state index in [0.717, 1.165) is 22.2 Å². The highest BCUT2D eigenvalue weighted by Crippen LogP contribution is 2.26. The number of carbonyl (C=O) groups excluding carboxylic acids is 1. The number of amides is 1. The maximum atomic E-state index is 12.1. The molecule has 4 aromatic rings. The normalized spacial score (nSPS) is 10.9. The summed E-state index contributed by atoms with van der Waals surface area (Å²) in [6, 6.07) is 19.1. The number of nitrogens with zero attached hydrogens (tertiary/aromatic N) is 2. The van der Waals surface area contributed by atoms with Gasteiger partial charge in [0.15, 0.2) is 10.7 Å². The van der Waals surface area contributed by atoms with Crippen LogP contribution in [0.4, 0.5) is 11.4 Å². The Labute approximate surface area is 194 Å². The lowest BCUT2D eigenvalue weighted by Crippen LogP contribution is -2.32. The average molecular weight is 458 g/mol. The largest absolute Gasteiger partial charge is 0.436 e. The van der Waals surface area contributed by atoms with Gasteiger partial charge in [0.05, 0.1) is 4.92 Å². The molecule has 9 heteroatoms. The Bertz CT molecular complexity index is 1390. The molecule has 33 heavy (non-hydrogen) atoms. The molecule has 0 bridgehead atoms. The third kappa shape index (κ3) is 5.46. The van der Waals surface area contributed by atoms with Crippen molar-refractivity contribution in [3.8, 4) is 11.5 Å². The van der Waals surface area contributed by atoms with E-state index in [-0.39, 0.29) is 10.8 Å². The molecule has 0 atom stereocenters. The lowest BCUT2D eigenvalue weighted by molar-refractivity contribution is -0.384. The Hall–Kier alpha value is -4.37. The molecule has 0 aliphatic carbocycles. The Balaban J connectivity index is 1.35. The molecule has 3 aromatic carbocycles. The fraction of sp³-hybridized carbons (Fsp3) is 0.0417. The van der Waals surface area contributed by atoms with E-state index in [1.54, 1.807) is 24.3 Å². The number of hydrogen-bond acceptors (Lipinski definition) is 6. The molecular formula is C24H18N4O4S. The van der Waals surface area contributed by atoms with Crippen molar-refractivity contribution >= 4 is 51.8 Å². The topological polar surface area (TPSA) is 110 Å². The van der Waals surface area contributed by atoms with Gasteiger partial charge in [-0.05, 0) is 72.7 Å². The van der Waals surface area contributed by atoms with E-state index >= 15 is 0 Å². The lowest BCUT2D eigenvalue weighted by atomic mass is 10.2.